The number of carbonyl (C=O) groups excluding carboxylic acids is 3. The number of nitrogens with two attached hydrogens (primary N) is 1. The first-order valence-corrected chi connectivity index (χ1v) is 10.5. The predicted octanol–water partition coefficient (Wildman–Crippen LogP) is -0.891. The van der Waals surface area contributed by atoms with Crippen molar-refractivity contribution in [2.75, 3.05) is 12.9 Å². The van der Waals surface area contributed by atoms with E-state index in [0.717, 1.165) is 27.0 Å². The molecule has 1 saturated heterocycles. The summed E-state index contributed by atoms with van der Waals surface area (Å²) in [6.45, 7) is 2.67. The van der Waals surface area contributed by atoms with Crippen molar-refractivity contribution in [2.45, 2.75) is 50.6 Å². The van der Waals surface area contributed by atoms with Crippen molar-refractivity contribution < 1.29 is 45.9 Å². The molecule has 1 aliphatic heterocycles. The number of amidine groups is 1. The van der Waals surface area contributed by atoms with E-state index in [4.69, 9.17) is 34.3 Å². The Labute approximate surface area is 166 Å². The minimum Gasteiger partial charge on any atom is -0.456 e. The Morgan fingerprint density at radius 2 is 1.46 bits per heavy atom. The summed E-state index contributed by atoms with van der Waals surface area (Å²) in [7, 11) is -3.88. The molecule has 0 aromatic rings. The van der Waals surface area contributed by atoms with Gasteiger partial charge in [-0.05, 0) is 0 Å². The molecule has 3 N–H and O–H groups in total. The van der Waals surface area contributed by atoms with Gasteiger partial charge < -0.3 is 24.7 Å². The molecule has 0 amide bonds. The third-order valence-corrected chi connectivity index (χ3v) is 4.62. The molecule has 14 heteroatoms. The van der Waals surface area contributed by atoms with Crippen LogP contribution < -0.4 is 5.73 Å². The summed E-state index contributed by atoms with van der Waals surface area (Å²) in [6.07, 6.45) is -4.43. The monoisotopic (exact) mass is 442 g/mol. The molecule has 12 nitrogen and oxygen atoms in total. The Morgan fingerprint density at radius 1 is 1.00 bits per heavy atom. The number of carbonyl (C=O) groups is 3. The lowest BCUT2D eigenvalue weighted by Gasteiger charge is -2.43. The molecule has 28 heavy (non-hydrogen) atoms. The molecule has 1 aliphatic rings. The van der Waals surface area contributed by atoms with Gasteiger partial charge >= 0.3 is 17.9 Å². The average molecular weight is 442 g/mol. The summed E-state index contributed by atoms with van der Waals surface area (Å²) >= 11 is 0.639. The Balaban J connectivity index is 3.33. The number of hydrogen-bond donors (Lipinski definition) is 2. The van der Waals surface area contributed by atoms with Crippen LogP contribution in [0.1, 0.15) is 20.8 Å². The highest BCUT2D eigenvalue weighted by Crippen LogP contribution is 2.34. The number of esters is 3. The van der Waals surface area contributed by atoms with Crippen molar-refractivity contribution in [3.63, 3.8) is 0 Å². The molecule has 0 bridgehead atoms. The van der Waals surface area contributed by atoms with Crippen molar-refractivity contribution in [3.05, 3.63) is 0 Å². The fourth-order valence-corrected chi connectivity index (χ4v) is 3.57. The van der Waals surface area contributed by atoms with Gasteiger partial charge in [-0.15, -0.1) is 0 Å². The zero-order valence-electron chi connectivity index (χ0n) is 15.6. The molecule has 0 unspecified atom stereocenters. The maximum atomic E-state index is 11.6. The highest BCUT2D eigenvalue weighted by molar-refractivity contribution is 8.14. The minimum atomic E-state index is -3.88. The van der Waals surface area contributed by atoms with Crippen molar-refractivity contribution >= 4 is 45.0 Å². The molecule has 0 spiro atoms. The fraction of sp³-hybridized carbons (Fsp3) is 0.714. The second kappa shape index (κ2) is 10.0. The quantitative estimate of drug-likeness (QED) is 0.163. The SMILES string of the molecule is CC(=O)O[C@H]1[C@H](OC(C)=O)[C@@H](COS(C)(=O)=O)O[C@@H](SC(=N)N)[C@H]1OC(C)=O. The maximum absolute atomic E-state index is 11.6. The van der Waals surface area contributed by atoms with Crippen molar-refractivity contribution in [1.29, 1.82) is 5.41 Å². The summed E-state index contributed by atoms with van der Waals surface area (Å²) in [5.41, 5.74) is 4.21. The van der Waals surface area contributed by atoms with Gasteiger partial charge in [0.25, 0.3) is 10.1 Å². The first kappa shape index (κ1) is 24.1. The summed E-state index contributed by atoms with van der Waals surface area (Å²) in [5, 5.41) is 7.04. The van der Waals surface area contributed by atoms with Gasteiger partial charge in [-0.2, -0.15) is 8.42 Å². The van der Waals surface area contributed by atoms with Gasteiger partial charge in [-0.3, -0.25) is 24.0 Å². The summed E-state index contributed by atoms with van der Waals surface area (Å²) in [5.74, 6) is -2.32. The highest BCUT2D eigenvalue weighted by Gasteiger charge is 2.52. The third-order valence-electron chi connectivity index (χ3n) is 3.19. The van der Waals surface area contributed by atoms with Crippen LogP contribution in [0, 0.1) is 5.41 Å². The molecule has 1 rings (SSSR count). The Hall–Kier alpha value is -1.90. The minimum absolute atomic E-state index is 0.405. The van der Waals surface area contributed by atoms with Crippen LogP contribution in [-0.4, -0.2) is 74.2 Å². The molecule has 0 aliphatic carbocycles. The molecular formula is C14H22N2O10S2. The van der Waals surface area contributed by atoms with Crippen molar-refractivity contribution in [1.82, 2.24) is 0 Å². The number of nitrogens with one attached hydrogen (secondary N) is 1. The Kier molecular flexibility index (Phi) is 8.66. The zero-order valence-corrected chi connectivity index (χ0v) is 17.2. The van der Waals surface area contributed by atoms with Crippen LogP contribution in [-0.2, 0) is 47.6 Å². The Bertz CT molecular complexity index is 726. The van der Waals surface area contributed by atoms with E-state index < -0.39 is 69.7 Å². The molecular weight excluding hydrogens is 420 g/mol. The van der Waals surface area contributed by atoms with Crippen molar-refractivity contribution in [2.24, 2.45) is 5.73 Å². The van der Waals surface area contributed by atoms with Gasteiger partial charge in [0.15, 0.2) is 28.9 Å². The molecule has 1 fully saturated rings. The summed E-state index contributed by atoms with van der Waals surface area (Å²) in [6, 6.07) is 0. The van der Waals surface area contributed by atoms with E-state index in [1.54, 1.807) is 0 Å². The fourth-order valence-electron chi connectivity index (χ4n) is 2.40. The standard InChI is InChI=1S/C14H22N2O10S2/c1-6(17)23-10-9(5-22-28(4,20)21)26-13(27-14(15)16)12(25-8(3)19)11(10)24-7(2)18/h9-13H,5H2,1-4H3,(H3,15,16)/t9-,10-,11+,12+,13+/m1/s1. The lowest BCUT2D eigenvalue weighted by Crippen LogP contribution is -2.61. The lowest BCUT2D eigenvalue weighted by molar-refractivity contribution is -0.234. The smallest absolute Gasteiger partial charge is 0.303 e. The first-order valence-electron chi connectivity index (χ1n) is 7.82. The van der Waals surface area contributed by atoms with Gasteiger partial charge in [0.2, 0.25) is 0 Å². The van der Waals surface area contributed by atoms with E-state index in [1.807, 2.05) is 0 Å². The number of thioether (sulfide) groups is 1. The Morgan fingerprint density at radius 3 is 1.89 bits per heavy atom. The first-order chi connectivity index (χ1) is 12.8. The highest BCUT2D eigenvalue weighted by atomic mass is 32.2. The van der Waals surface area contributed by atoms with Crippen LogP contribution in [0.3, 0.4) is 0 Å². The molecule has 0 radical (unpaired) electrons. The predicted molar refractivity (Wildman–Crippen MR) is 95.6 cm³/mol. The molecule has 1 heterocycles. The van der Waals surface area contributed by atoms with E-state index in [1.165, 1.54) is 0 Å². The second-order valence-corrected chi connectivity index (χ2v) is 8.52. The third kappa shape index (κ3) is 8.00. The number of ether oxygens (including phenoxy) is 4. The number of rotatable bonds is 7. The van der Waals surface area contributed by atoms with Gasteiger partial charge in [-0.25, -0.2) is 0 Å². The van der Waals surface area contributed by atoms with E-state index in [0.29, 0.717) is 11.8 Å². The van der Waals surface area contributed by atoms with Gasteiger partial charge in [0, 0.05) is 20.8 Å². The summed E-state index contributed by atoms with van der Waals surface area (Å²) < 4.78 is 48.5. The van der Waals surface area contributed by atoms with Crippen LogP contribution in [0.2, 0.25) is 0 Å². The molecule has 0 saturated carbocycles. The van der Waals surface area contributed by atoms with Crippen LogP contribution in [0.4, 0.5) is 0 Å². The van der Waals surface area contributed by atoms with Crippen LogP contribution in [0.15, 0.2) is 0 Å². The normalized spacial score (nSPS) is 27.5. The zero-order chi connectivity index (χ0) is 21.6. The van der Waals surface area contributed by atoms with Gasteiger partial charge in [0.05, 0.1) is 12.9 Å². The van der Waals surface area contributed by atoms with E-state index in [-0.39, 0.29) is 0 Å². The molecule has 160 valence electrons. The van der Waals surface area contributed by atoms with E-state index >= 15 is 0 Å². The number of hydrogen-bond acceptors (Lipinski definition) is 12. The van der Waals surface area contributed by atoms with Gasteiger partial charge in [0.1, 0.15) is 6.10 Å². The summed E-state index contributed by atoms with van der Waals surface area (Å²) in [4.78, 5) is 34.6. The second-order valence-electron chi connectivity index (χ2n) is 5.74. The van der Waals surface area contributed by atoms with Crippen molar-refractivity contribution in [3.8, 4) is 0 Å². The van der Waals surface area contributed by atoms with Crippen LogP contribution in [0.25, 0.3) is 0 Å². The van der Waals surface area contributed by atoms with E-state index in [9.17, 15) is 22.8 Å². The van der Waals surface area contributed by atoms with Gasteiger partial charge in [-0.1, -0.05) is 11.8 Å². The molecule has 5 atom stereocenters. The van der Waals surface area contributed by atoms with Crippen LogP contribution >= 0.6 is 11.8 Å². The average Bonchev–Trinajstić information content (AvgIpc) is 2.48. The molecule has 0 aromatic heterocycles. The van der Waals surface area contributed by atoms with Crippen LogP contribution in [0.5, 0.6) is 0 Å². The van der Waals surface area contributed by atoms with E-state index in [2.05, 4.69) is 0 Å². The molecule has 0 aromatic carbocycles. The topological polar surface area (TPSA) is 181 Å². The largest absolute Gasteiger partial charge is 0.456 e. The lowest BCUT2D eigenvalue weighted by atomic mass is 9.99. The maximum Gasteiger partial charge on any atom is 0.303 e.